The van der Waals surface area contributed by atoms with Gasteiger partial charge in [0, 0.05) is 12.6 Å². The number of carbonyl (C=O) groups excluding carboxylic acids is 1. The lowest BCUT2D eigenvalue weighted by Gasteiger charge is -2.16. The summed E-state index contributed by atoms with van der Waals surface area (Å²) in [6.07, 6.45) is 2.92. The molecule has 1 aliphatic rings. The minimum atomic E-state index is -0.414. The number of aromatic amines is 1. The summed E-state index contributed by atoms with van der Waals surface area (Å²) in [5.74, 6) is -0.0257. The molecular weight excluding hydrogens is 312 g/mol. The molecular formula is C16H20N4O2S. The average Bonchev–Trinajstić information content (AvgIpc) is 3.31. The smallest absolute Gasteiger partial charge is 0.343 e. The van der Waals surface area contributed by atoms with Crippen LogP contribution in [0.15, 0.2) is 40.3 Å². The van der Waals surface area contributed by atoms with E-state index in [2.05, 4.69) is 15.5 Å². The summed E-state index contributed by atoms with van der Waals surface area (Å²) in [5.41, 5.74) is 0.679. The molecule has 1 heterocycles. The van der Waals surface area contributed by atoms with Crippen LogP contribution in [-0.2, 0) is 11.3 Å². The number of nitrogens with zero attached hydrogens (tertiary/aromatic N) is 2. The molecule has 7 heteroatoms. The number of aromatic nitrogens is 3. The molecule has 1 aromatic heterocycles. The van der Waals surface area contributed by atoms with Crippen LogP contribution in [0.4, 0.5) is 0 Å². The van der Waals surface area contributed by atoms with Crippen LogP contribution in [0.25, 0.3) is 0 Å². The Bertz CT molecular complexity index is 721. The molecule has 0 aliphatic heterocycles. The van der Waals surface area contributed by atoms with Gasteiger partial charge in [-0.2, -0.15) is 0 Å². The summed E-state index contributed by atoms with van der Waals surface area (Å²) in [6, 6.07) is 9.91. The van der Waals surface area contributed by atoms with E-state index in [0.717, 1.165) is 24.8 Å². The summed E-state index contributed by atoms with van der Waals surface area (Å²) in [6.45, 7) is 2.59. The first kappa shape index (κ1) is 15.9. The minimum Gasteiger partial charge on any atom is -0.352 e. The Labute approximate surface area is 138 Å². The highest BCUT2D eigenvalue weighted by Gasteiger charge is 2.30. The van der Waals surface area contributed by atoms with E-state index < -0.39 is 5.25 Å². The molecule has 122 valence electrons. The molecule has 2 aromatic rings. The zero-order chi connectivity index (χ0) is 16.2. The standard InChI is InChI=1S/C16H20N4O2S/c1-2-10-20-15(22)18-19-16(20)23-13(11-6-4-3-5-7-11)14(21)17-12-8-9-12/h3-7,12-13H,2,8-10H2,1H3,(H,17,21)(H,18,22)/t13-/m0/s1. The van der Waals surface area contributed by atoms with Gasteiger partial charge in [-0.05, 0) is 24.8 Å². The molecule has 3 rings (SSSR count). The van der Waals surface area contributed by atoms with Gasteiger partial charge < -0.3 is 5.32 Å². The van der Waals surface area contributed by atoms with Crippen molar-refractivity contribution in [2.75, 3.05) is 0 Å². The van der Waals surface area contributed by atoms with Gasteiger partial charge in [-0.15, -0.1) is 5.10 Å². The molecule has 0 unspecified atom stereocenters. The molecule has 0 saturated heterocycles. The number of nitrogens with one attached hydrogen (secondary N) is 2. The van der Waals surface area contributed by atoms with E-state index in [0.29, 0.717) is 17.7 Å². The van der Waals surface area contributed by atoms with Crippen molar-refractivity contribution >= 4 is 17.7 Å². The summed E-state index contributed by atoms with van der Waals surface area (Å²) in [7, 11) is 0. The number of benzene rings is 1. The largest absolute Gasteiger partial charge is 0.352 e. The van der Waals surface area contributed by atoms with Crippen molar-refractivity contribution in [1.29, 1.82) is 0 Å². The number of H-pyrrole nitrogens is 1. The second-order valence-electron chi connectivity index (χ2n) is 5.65. The number of hydrogen-bond acceptors (Lipinski definition) is 4. The van der Waals surface area contributed by atoms with Crippen LogP contribution in [0.1, 0.15) is 37.0 Å². The highest BCUT2D eigenvalue weighted by molar-refractivity contribution is 8.00. The summed E-state index contributed by atoms with van der Waals surface area (Å²) in [5, 5.41) is 9.75. The topological polar surface area (TPSA) is 79.8 Å². The first-order valence-corrected chi connectivity index (χ1v) is 8.74. The van der Waals surface area contributed by atoms with Crippen LogP contribution in [-0.4, -0.2) is 26.7 Å². The summed E-state index contributed by atoms with van der Waals surface area (Å²) >= 11 is 1.32. The van der Waals surface area contributed by atoms with E-state index in [1.807, 2.05) is 37.3 Å². The van der Waals surface area contributed by atoms with Crippen molar-refractivity contribution in [3.63, 3.8) is 0 Å². The lowest BCUT2D eigenvalue weighted by atomic mass is 10.1. The quantitative estimate of drug-likeness (QED) is 0.761. The maximum absolute atomic E-state index is 12.6. The van der Waals surface area contributed by atoms with E-state index in [1.165, 1.54) is 11.8 Å². The molecule has 1 aromatic carbocycles. The molecule has 0 radical (unpaired) electrons. The summed E-state index contributed by atoms with van der Waals surface area (Å²) in [4.78, 5) is 24.5. The van der Waals surface area contributed by atoms with Crippen molar-refractivity contribution < 1.29 is 4.79 Å². The number of amides is 1. The normalized spacial score (nSPS) is 15.3. The minimum absolute atomic E-state index is 0.0257. The molecule has 23 heavy (non-hydrogen) atoms. The van der Waals surface area contributed by atoms with Crippen molar-refractivity contribution in [2.45, 2.75) is 49.2 Å². The highest BCUT2D eigenvalue weighted by Crippen LogP contribution is 2.35. The van der Waals surface area contributed by atoms with E-state index in [-0.39, 0.29) is 11.6 Å². The molecule has 6 nitrogen and oxygen atoms in total. The fourth-order valence-corrected chi connectivity index (χ4v) is 3.40. The number of hydrogen-bond donors (Lipinski definition) is 2. The maximum atomic E-state index is 12.6. The molecule has 2 N–H and O–H groups in total. The summed E-state index contributed by atoms with van der Waals surface area (Å²) < 4.78 is 1.59. The van der Waals surface area contributed by atoms with Gasteiger partial charge in [-0.3, -0.25) is 9.36 Å². The third-order valence-electron chi connectivity index (χ3n) is 3.66. The number of carbonyl (C=O) groups is 1. The van der Waals surface area contributed by atoms with Crippen LogP contribution < -0.4 is 11.0 Å². The Morgan fingerprint density at radius 2 is 2.17 bits per heavy atom. The van der Waals surface area contributed by atoms with Gasteiger partial charge in [0.2, 0.25) is 5.91 Å². The SMILES string of the molecule is CCCn1c(S[C@H](C(=O)NC2CC2)c2ccccc2)n[nH]c1=O. The Hall–Kier alpha value is -2.02. The predicted octanol–water partition coefficient (Wildman–Crippen LogP) is 2.09. The molecule has 1 amide bonds. The molecule has 1 fully saturated rings. The lowest BCUT2D eigenvalue weighted by Crippen LogP contribution is -2.30. The molecule has 1 atom stereocenters. The van der Waals surface area contributed by atoms with Crippen molar-refractivity contribution in [2.24, 2.45) is 0 Å². The van der Waals surface area contributed by atoms with Crippen LogP contribution in [0.5, 0.6) is 0 Å². The van der Waals surface area contributed by atoms with E-state index >= 15 is 0 Å². The number of rotatable bonds is 7. The van der Waals surface area contributed by atoms with Gasteiger partial charge >= 0.3 is 5.69 Å². The second-order valence-corrected chi connectivity index (χ2v) is 6.73. The Morgan fingerprint density at radius 3 is 2.83 bits per heavy atom. The van der Waals surface area contributed by atoms with Gasteiger partial charge in [0.25, 0.3) is 0 Å². The maximum Gasteiger partial charge on any atom is 0.343 e. The van der Waals surface area contributed by atoms with Gasteiger partial charge in [0.1, 0.15) is 5.25 Å². The fourth-order valence-electron chi connectivity index (χ4n) is 2.32. The molecule has 1 aliphatic carbocycles. The Morgan fingerprint density at radius 1 is 1.43 bits per heavy atom. The first-order valence-electron chi connectivity index (χ1n) is 7.86. The fraction of sp³-hybridized carbons (Fsp3) is 0.438. The van der Waals surface area contributed by atoms with Gasteiger partial charge in [-0.25, -0.2) is 9.89 Å². The molecule has 0 spiro atoms. The van der Waals surface area contributed by atoms with Gasteiger partial charge in [0.05, 0.1) is 0 Å². The van der Waals surface area contributed by atoms with Crippen molar-refractivity contribution in [3.8, 4) is 0 Å². The zero-order valence-corrected chi connectivity index (χ0v) is 13.8. The van der Waals surface area contributed by atoms with Gasteiger partial charge in [0.15, 0.2) is 5.16 Å². The van der Waals surface area contributed by atoms with E-state index in [9.17, 15) is 9.59 Å². The van der Waals surface area contributed by atoms with E-state index in [1.54, 1.807) is 4.57 Å². The Kier molecular flexibility index (Phi) is 4.85. The Balaban J connectivity index is 1.86. The predicted molar refractivity (Wildman–Crippen MR) is 89.3 cm³/mol. The first-order chi connectivity index (χ1) is 11.2. The van der Waals surface area contributed by atoms with Crippen LogP contribution in [0, 0.1) is 0 Å². The average molecular weight is 332 g/mol. The highest BCUT2D eigenvalue weighted by atomic mass is 32.2. The van der Waals surface area contributed by atoms with Gasteiger partial charge in [-0.1, -0.05) is 49.0 Å². The second kappa shape index (κ2) is 7.04. The third kappa shape index (κ3) is 3.85. The monoisotopic (exact) mass is 332 g/mol. The third-order valence-corrected chi connectivity index (χ3v) is 4.90. The lowest BCUT2D eigenvalue weighted by molar-refractivity contribution is -0.120. The van der Waals surface area contributed by atoms with E-state index in [4.69, 9.17) is 0 Å². The zero-order valence-electron chi connectivity index (χ0n) is 13.0. The van der Waals surface area contributed by atoms with Crippen molar-refractivity contribution in [1.82, 2.24) is 20.1 Å². The van der Waals surface area contributed by atoms with Crippen LogP contribution in [0.2, 0.25) is 0 Å². The number of thioether (sulfide) groups is 1. The van der Waals surface area contributed by atoms with Crippen LogP contribution in [0.3, 0.4) is 0 Å². The van der Waals surface area contributed by atoms with Crippen LogP contribution >= 0.6 is 11.8 Å². The molecule has 0 bridgehead atoms. The molecule has 1 saturated carbocycles. The van der Waals surface area contributed by atoms with Crippen molar-refractivity contribution in [3.05, 3.63) is 46.4 Å².